The molecule has 2 aliphatic rings. The second-order valence-electron chi connectivity index (χ2n) is 8.96. The van der Waals surface area contributed by atoms with E-state index in [-0.39, 0.29) is 30.4 Å². The molecular formula is C26H32N2O4S. The first-order valence-corrected chi connectivity index (χ1v) is 13.2. The van der Waals surface area contributed by atoms with Crippen LogP contribution in [-0.4, -0.2) is 72.3 Å². The molecule has 0 radical (unpaired) electrons. The van der Waals surface area contributed by atoms with Crippen molar-refractivity contribution in [3.63, 3.8) is 0 Å². The van der Waals surface area contributed by atoms with Crippen molar-refractivity contribution in [1.82, 2.24) is 9.21 Å². The zero-order valence-corrected chi connectivity index (χ0v) is 19.8. The number of hydrogen-bond donors (Lipinski definition) is 2. The van der Waals surface area contributed by atoms with Gasteiger partial charge in [-0.15, -0.1) is 0 Å². The quantitative estimate of drug-likeness (QED) is 0.658. The first-order valence-electron chi connectivity index (χ1n) is 11.6. The first-order chi connectivity index (χ1) is 15.9. The third-order valence-electron chi connectivity index (χ3n) is 6.64. The van der Waals surface area contributed by atoms with Crippen LogP contribution < -0.4 is 0 Å². The van der Waals surface area contributed by atoms with Crippen LogP contribution in [-0.2, 0) is 15.8 Å². The SMILES string of the molecule is C[C@@H](O)C#Cc1ccc([C@@H]2[C@H]3CN(S(=O)(=O)Cc4ccccc4)CCCCN3[C@H]2CO)cc1. The summed E-state index contributed by atoms with van der Waals surface area (Å²) in [7, 11) is -3.45. The molecule has 2 aliphatic heterocycles. The van der Waals surface area contributed by atoms with Crippen LogP contribution in [0, 0.1) is 11.8 Å². The van der Waals surface area contributed by atoms with Crippen LogP contribution in [0.2, 0.25) is 0 Å². The Morgan fingerprint density at radius 1 is 1.06 bits per heavy atom. The topological polar surface area (TPSA) is 81.1 Å². The zero-order valence-electron chi connectivity index (χ0n) is 19.0. The lowest BCUT2D eigenvalue weighted by molar-refractivity contribution is -0.0554. The number of aliphatic hydroxyl groups excluding tert-OH is 2. The van der Waals surface area contributed by atoms with Gasteiger partial charge in [0.1, 0.15) is 6.10 Å². The third-order valence-corrected chi connectivity index (χ3v) is 8.46. The molecule has 0 unspecified atom stereocenters. The molecule has 0 saturated carbocycles. The third kappa shape index (κ3) is 5.48. The van der Waals surface area contributed by atoms with Crippen LogP contribution in [0.25, 0.3) is 0 Å². The highest BCUT2D eigenvalue weighted by atomic mass is 32.2. The lowest BCUT2D eigenvalue weighted by atomic mass is 9.74. The summed E-state index contributed by atoms with van der Waals surface area (Å²) in [4.78, 5) is 2.27. The monoisotopic (exact) mass is 468 g/mol. The fourth-order valence-corrected chi connectivity index (χ4v) is 6.60. The lowest BCUT2D eigenvalue weighted by Crippen LogP contribution is -2.67. The van der Waals surface area contributed by atoms with Crippen LogP contribution >= 0.6 is 0 Å². The standard InChI is InChI=1S/C26H32N2O4S/c1-20(30)9-10-21-11-13-23(14-12-21)26-24-17-27(15-5-6-16-28(24)25(26)18-29)33(31,32)19-22-7-3-2-4-8-22/h2-4,7-8,11-14,20,24-26,29-30H,5-6,15-19H2,1H3/t20-,24-,25+,26-/m1/s1. The highest BCUT2D eigenvalue weighted by Gasteiger charge is 2.50. The van der Waals surface area contributed by atoms with Gasteiger partial charge >= 0.3 is 0 Å². The van der Waals surface area contributed by atoms with E-state index in [9.17, 15) is 18.6 Å². The number of aliphatic hydroxyl groups is 2. The Bertz CT molecular complexity index is 1090. The summed E-state index contributed by atoms with van der Waals surface area (Å²) in [6, 6.07) is 17.2. The van der Waals surface area contributed by atoms with Gasteiger partial charge in [-0.05, 0) is 49.6 Å². The fraction of sp³-hybridized carbons (Fsp3) is 0.462. The molecule has 7 heteroatoms. The number of hydrogen-bond acceptors (Lipinski definition) is 5. The second kappa shape index (κ2) is 10.4. The van der Waals surface area contributed by atoms with Gasteiger partial charge in [0, 0.05) is 36.7 Å². The maximum Gasteiger partial charge on any atom is 0.218 e. The molecule has 0 aromatic heterocycles. The van der Waals surface area contributed by atoms with Gasteiger partial charge in [-0.2, -0.15) is 0 Å². The first kappa shape index (κ1) is 23.9. The number of rotatable bonds is 5. The summed E-state index contributed by atoms with van der Waals surface area (Å²) in [6.07, 6.45) is 1.05. The minimum atomic E-state index is -3.45. The van der Waals surface area contributed by atoms with Crippen molar-refractivity contribution >= 4 is 10.0 Å². The summed E-state index contributed by atoms with van der Waals surface area (Å²) in [6.45, 7) is 3.50. The van der Waals surface area contributed by atoms with Crippen LogP contribution in [0.3, 0.4) is 0 Å². The molecule has 0 bridgehead atoms. The van der Waals surface area contributed by atoms with E-state index in [1.165, 1.54) is 0 Å². The lowest BCUT2D eigenvalue weighted by Gasteiger charge is -2.57. The van der Waals surface area contributed by atoms with Gasteiger partial charge in [-0.3, -0.25) is 4.90 Å². The largest absolute Gasteiger partial charge is 0.395 e. The van der Waals surface area contributed by atoms with E-state index in [1.54, 1.807) is 11.2 Å². The van der Waals surface area contributed by atoms with Crippen LogP contribution in [0.5, 0.6) is 0 Å². The van der Waals surface area contributed by atoms with E-state index in [0.717, 1.165) is 36.1 Å². The molecule has 0 amide bonds. The molecule has 0 aliphatic carbocycles. The molecule has 4 rings (SSSR count). The molecule has 6 nitrogen and oxygen atoms in total. The minimum absolute atomic E-state index is 0.00526. The predicted molar refractivity (Wildman–Crippen MR) is 129 cm³/mol. The Morgan fingerprint density at radius 2 is 1.76 bits per heavy atom. The summed E-state index contributed by atoms with van der Waals surface area (Å²) >= 11 is 0. The molecule has 0 spiro atoms. The summed E-state index contributed by atoms with van der Waals surface area (Å²) in [5.74, 6) is 5.76. The van der Waals surface area contributed by atoms with Crippen molar-refractivity contribution in [3.05, 3.63) is 71.3 Å². The van der Waals surface area contributed by atoms with Gasteiger partial charge in [0.2, 0.25) is 10.0 Å². The smallest absolute Gasteiger partial charge is 0.218 e. The Labute approximate surface area is 196 Å². The highest BCUT2D eigenvalue weighted by Crippen LogP contribution is 2.42. The summed E-state index contributed by atoms with van der Waals surface area (Å²) < 4.78 is 28.2. The van der Waals surface area contributed by atoms with E-state index >= 15 is 0 Å². The van der Waals surface area contributed by atoms with E-state index in [0.29, 0.717) is 13.1 Å². The van der Waals surface area contributed by atoms with Crippen LogP contribution in [0.4, 0.5) is 0 Å². The molecule has 176 valence electrons. The maximum absolute atomic E-state index is 13.3. The number of benzene rings is 2. The second-order valence-corrected chi connectivity index (χ2v) is 10.9. The van der Waals surface area contributed by atoms with Crippen molar-refractivity contribution in [3.8, 4) is 11.8 Å². The molecule has 2 aromatic carbocycles. The average Bonchev–Trinajstić information content (AvgIpc) is 2.77. The van der Waals surface area contributed by atoms with Crippen molar-refractivity contribution in [2.75, 3.05) is 26.2 Å². The van der Waals surface area contributed by atoms with Gasteiger partial charge in [0.15, 0.2) is 0 Å². The van der Waals surface area contributed by atoms with E-state index in [4.69, 9.17) is 0 Å². The van der Waals surface area contributed by atoms with Gasteiger partial charge in [0.05, 0.1) is 12.4 Å². The minimum Gasteiger partial charge on any atom is -0.395 e. The molecule has 33 heavy (non-hydrogen) atoms. The molecule has 2 N–H and O–H groups in total. The van der Waals surface area contributed by atoms with Gasteiger partial charge in [-0.1, -0.05) is 54.3 Å². The van der Waals surface area contributed by atoms with Crippen LogP contribution in [0.1, 0.15) is 42.4 Å². The van der Waals surface area contributed by atoms with Crippen molar-refractivity contribution in [2.24, 2.45) is 0 Å². The number of nitrogens with zero attached hydrogens (tertiary/aromatic N) is 2. The molecule has 2 aromatic rings. The summed E-state index contributed by atoms with van der Waals surface area (Å²) in [5.41, 5.74) is 2.70. The average molecular weight is 469 g/mol. The Kier molecular flexibility index (Phi) is 7.52. The Balaban J connectivity index is 1.55. The Hall–Kier alpha value is -2.21. The van der Waals surface area contributed by atoms with Crippen molar-refractivity contribution in [2.45, 2.75) is 49.6 Å². The van der Waals surface area contributed by atoms with Crippen LogP contribution in [0.15, 0.2) is 54.6 Å². The molecule has 2 saturated heterocycles. The molecule has 4 atom stereocenters. The van der Waals surface area contributed by atoms with E-state index in [1.807, 2.05) is 54.6 Å². The predicted octanol–water partition coefficient (Wildman–Crippen LogP) is 2.17. The molecule has 2 heterocycles. The van der Waals surface area contributed by atoms with E-state index < -0.39 is 16.1 Å². The Morgan fingerprint density at radius 3 is 2.42 bits per heavy atom. The van der Waals surface area contributed by atoms with E-state index in [2.05, 4.69) is 16.7 Å². The number of sulfonamides is 1. The normalized spacial score (nSPS) is 25.0. The van der Waals surface area contributed by atoms with Gasteiger partial charge < -0.3 is 10.2 Å². The van der Waals surface area contributed by atoms with Gasteiger partial charge in [0.25, 0.3) is 0 Å². The fourth-order valence-electron chi connectivity index (χ4n) is 5.01. The number of fused-ring (bicyclic) bond motifs is 1. The summed E-state index contributed by atoms with van der Waals surface area (Å²) in [5, 5.41) is 19.5. The van der Waals surface area contributed by atoms with Crippen molar-refractivity contribution in [1.29, 1.82) is 0 Å². The molecule has 2 fully saturated rings. The highest BCUT2D eigenvalue weighted by molar-refractivity contribution is 7.88. The van der Waals surface area contributed by atoms with Gasteiger partial charge in [-0.25, -0.2) is 12.7 Å². The molecular weight excluding hydrogens is 436 g/mol. The maximum atomic E-state index is 13.3. The zero-order chi connectivity index (χ0) is 23.4. The van der Waals surface area contributed by atoms with Crippen molar-refractivity contribution < 1.29 is 18.6 Å².